The maximum Gasteiger partial charge on any atom is 0.124 e. The molecule has 17 heavy (non-hydrogen) atoms. The molecule has 0 fully saturated rings. The minimum absolute atomic E-state index is 0.572. The lowest BCUT2D eigenvalue weighted by atomic mass is 10.2. The fraction of sp³-hybridized carbons (Fsp3) is 0.250. The van der Waals surface area contributed by atoms with E-state index in [4.69, 9.17) is 4.74 Å². The Bertz CT molecular complexity index is 473. The third-order valence-corrected chi connectivity index (χ3v) is 3.49. The Morgan fingerprint density at radius 1 is 1.47 bits per heavy atom. The van der Waals surface area contributed by atoms with Gasteiger partial charge in [-0.05, 0) is 25.2 Å². The number of halogens is 1. The predicted molar refractivity (Wildman–Crippen MR) is 73.4 cm³/mol. The van der Waals surface area contributed by atoms with Gasteiger partial charge in [-0.2, -0.15) is 0 Å². The molecule has 0 atom stereocenters. The van der Waals surface area contributed by atoms with E-state index in [2.05, 4.69) is 32.3 Å². The van der Waals surface area contributed by atoms with Crippen LogP contribution in [0.2, 0.25) is 0 Å². The first kappa shape index (κ1) is 12.5. The summed E-state index contributed by atoms with van der Waals surface area (Å²) in [4.78, 5) is 5.15. The van der Waals surface area contributed by atoms with Crippen LogP contribution in [0, 0.1) is 0 Å². The Labute approximate surface area is 113 Å². The molecule has 0 aliphatic rings. The normalized spacial score (nSPS) is 10.5. The van der Waals surface area contributed by atoms with Crippen molar-refractivity contribution in [2.45, 2.75) is 13.2 Å². The molecule has 2 aromatic rings. The van der Waals surface area contributed by atoms with Crippen LogP contribution in [0.1, 0.15) is 10.4 Å². The molecule has 0 saturated carbocycles. The van der Waals surface area contributed by atoms with Gasteiger partial charge >= 0.3 is 0 Å². The van der Waals surface area contributed by atoms with Crippen LogP contribution in [-0.2, 0) is 13.2 Å². The van der Waals surface area contributed by atoms with Gasteiger partial charge in [0, 0.05) is 22.8 Å². The highest BCUT2D eigenvalue weighted by Crippen LogP contribution is 2.24. The zero-order valence-corrected chi connectivity index (χ0v) is 11.8. The second-order valence-electron chi connectivity index (χ2n) is 3.54. The summed E-state index contributed by atoms with van der Waals surface area (Å²) in [6.07, 6.45) is 1.83. The molecule has 0 saturated heterocycles. The number of ether oxygens (including phenoxy) is 1. The van der Waals surface area contributed by atoms with Crippen molar-refractivity contribution in [2.24, 2.45) is 0 Å². The molecule has 1 N–H and O–H groups in total. The van der Waals surface area contributed by atoms with Crippen molar-refractivity contribution in [3.8, 4) is 5.75 Å². The minimum atomic E-state index is 0.572. The van der Waals surface area contributed by atoms with Crippen molar-refractivity contribution < 1.29 is 4.74 Å². The predicted octanol–water partition coefficient (Wildman–Crippen LogP) is 3.20. The number of nitrogens with zero attached hydrogens (tertiary/aromatic N) is 1. The highest BCUT2D eigenvalue weighted by molar-refractivity contribution is 9.10. The van der Waals surface area contributed by atoms with Crippen LogP contribution in [0.3, 0.4) is 0 Å². The first-order valence-corrected chi connectivity index (χ1v) is 6.90. The van der Waals surface area contributed by atoms with Crippen molar-refractivity contribution >= 4 is 27.3 Å². The quantitative estimate of drug-likeness (QED) is 0.920. The maximum atomic E-state index is 5.80. The molecular formula is C12H13BrN2OS. The van der Waals surface area contributed by atoms with Crippen LogP contribution in [0.15, 0.2) is 34.4 Å². The standard InChI is InChI=1S/C12H13BrN2OS/c1-14-5-9-4-10(13)2-3-12(9)16-7-11-6-15-8-17-11/h2-4,6,8,14H,5,7H2,1H3. The number of thiazole rings is 1. The molecule has 1 heterocycles. The third kappa shape index (κ3) is 3.52. The molecule has 5 heteroatoms. The summed E-state index contributed by atoms with van der Waals surface area (Å²) in [5.74, 6) is 0.913. The second-order valence-corrected chi connectivity index (χ2v) is 5.43. The lowest BCUT2D eigenvalue weighted by molar-refractivity contribution is 0.305. The van der Waals surface area contributed by atoms with Gasteiger partial charge in [0.1, 0.15) is 12.4 Å². The third-order valence-electron chi connectivity index (χ3n) is 2.24. The molecule has 1 aromatic heterocycles. The van der Waals surface area contributed by atoms with Gasteiger partial charge in [0.2, 0.25) is 0 Å². The monoisotopic (exact) mass is 312 g/mol. The van der Waals surface area contributed by atoms with Gasteiger partial charge in [-0.25, -0.2) is 0 Å². The Hall–Kier alpha value is -0.910. The molecule has 2 rings (SSSR count). The molecule has 0 unspecified atom stereocenters. The van der Waals surface area contributed by atoms with Crippen LogP contribution in [0.4, 0.5) is 0 Å². The summed E-state index contributed by atoms with van der Waals surface area (Å²) in [6, 6.07) is 6.04. The number of hydrogen-bond acceptors (Lipinski definition) is 4. The first-order chi connectivity index (χ1) is 8.29. The van der Waals surface area contributed by atoms with E-state index in [9.17, 15) is 0 Å². The second kappa shape index (κ2) is 6.14. The lowest BCUT2D eigenvalue weighted by Crippen LogP contribution is -2.07. The van der Waals surface area contributed by atoms with Gasteiger partial charge in [-0.15, -0.1) is 11.3 Å². The molecular weight excluding hydrogens is 300 g/mol. The van der Waals surface area contributed by atoms with Crippen molar-refractivity contribution in [2.75, 3.05) is 7.05 Å². The number of nitrogens with one attached hydrogen (secondary N) is 1. The van der Waals surface area contributed by atoms with E-state index in [-0.39, 0.29) is 0 Å². The van der Waals surface area contributed by atoms with Crippen molar-refractivity contribution in [1.82, 2.24) is 10.3 Å². The Morgan fingerprint density at radius 2 is 2.35 bits per heavy atom. The zero-order chi connectivity index (χ0) is 12.1. The summed E-state index contributed by atoms with van der Waals surface area (Å²) in [5, 5.41) is 3.13. The van der Waals surface area contributed by atoms with Gasteiger partial charge in [0.05, 0.1) is 10.4 Å². The number of hydrogen-bond donors (Lipinski definition) is 1. The Kier molecular flexibility index (Phi) is 4.53. The largest absolute Gasteiger partial charge is 0.488 e. The molecule has 3 nitrogen and oxygen atoms in total. The fourth-order valence-electron chi connectivity index (χ4n) is 1.48. The summed E-state index contributed by atoms with van der Waals surface area (Å²) in [5.41, 5.74) is 2.96. The van der Waals surface area contributed by atoms with Crippen molar-refractivity contribution in [1.29, 1.82) is 0 Å². The molecule has 0 radical (unpaired) electrons. The van der Waals surface area contributed by atoms with Crippen LogP contribution in [-0.4, -0.2) is 12.0 Å². The van der Waals surface area contributed by atoms with E-state index < -0.39 is 0 Å². The first-order valence-electron chi connectivity index (χ1n) is 5.23. The number of rotatable bonds is 5. The fourth-order valence-corrected chi connectivity index (χ4v) is 2.39. The summed E-state index contributed by atoms with van der Waals surface area (Å²) >= 11 is 5.07. The topological polar surface area (TPSA) is 34.1 Å². The number of benzene rings is 1. The highest BCUT2D eigenvalue weighted by atomic mass is 79.9. The smallest absolute Gasteiger partial charge is 0.124 e. The van der Waals surface area contributed by atoms with Crippen LogP contribution >= 0.6 is 27.3 Å². The van der Waals surface area contributed by atoms with Crippen LogP contribution in [0.5, 0.6) is 5.75 Å². The summed E-state index contributed by atoms with van der Waals surface area (Å²) in [7, 11) is 1.92. The molecule has 0 aliphatic carbocycles. The van der Waals surface area contributed by atoms with Crippen LogP contribution in [0.25, 0.3) is 0 Å². The Balaban J connectivity index is 2.08. The lowest BCUT2D eigenvalue weighted by Gasteiger charge is -2.10. The van der Waals surface area contributed by atoms with Crippen molar-refractivity contribution in [3.05, 3.63) is 44.8 Å². The van der Waals surface area contributed by atoms with E-state index in [0.717, 1.165) is 27.2 Å². The molecule has 90 valence electrons. The average Bonchev–Trinajstić information content (AvgIpc) is 2.81. The summed E-state index contributed by atoms with van der Waals surface area (Å²) < 4.78 is 6.86. The maximum absolute atomic E-state index is 5.80. The molecule has 1 aromatic carbocycles. The van der Waals surface area contributed by atoms with Gasteiger partial charge in [0.25, 0.3) is 0 Å². The SMILES string of the molecule is CNCc1cc(Br)ccc1OCc1cncs1. The van der Waals surface area contributed by atoms with Gasteiger partial charge in [-0.1, -0.05) is 15.9 Å². The molecule has 0 bridgehead atoms. The molecule has 0 aliphatic heterocycles. The van der Waals surface area contributed by atoms with Gasteiger partial charge in [-0.3, -0.25) is 4.98 Å². The average molecular weight is 313 g/mol. The molecule has 0 spiro atoms. The van der Waals surface area contributed by atoms with Gasteiger partial charge < -0.3 is 10.1 Å². The van der Waals surface area contributed by atoms with Crippen molar-refractivity contribution in [3.63, 3.8) is 0 Å². The van der Waals surface area contributed by atoms with Gasteiger partial charge in [0.15, 0.2) is 0 Å². The Morgan fingerprint density at radius 3 is 3.06 bits per heavy atom. The van der Waals surface area contributed by atoms with E-state index in [0.29, 0.717) is 6.61 Å². The summed E-state index contributed by atoms with van der Waals surface area (Å²) in [6.45, 7) is 1.36. The van der Waals surface area contributed by atoms with E-state index in [1.54, 1.807) is 11.3 Å². The minimum Gasteiger partial charge on any atom is -0.488 e. The van der Waals surface area contributed by atoms with E-state index >= 15 is 0 Å². The van der Waals surface area contributed by atoms with E-state index in [1.807, 2.05) is 30.9 Å². The zero-order valence-electron chi connectivity index (χ0n) is 9.44. The molecule has 0 amide bonds. The number of aromatic nitrogens is 1. The van der Waals surface area contributed by atoms with E-state index in [1.165, 1.54) is 0 Å². The van der Waals surface area contributed by atoms with Crippen LogP contribution < -0.4 is 10.1 Å². The highest BCUT2D eigenvalue weighted by Gasteiger charge is 2.05.